The molecule has 4 nitrogen and oxygen atoms in total. The third-order valence-electron chi connectivity index (χ3n) is 3.81. The lowest BCUT2D eigenvalue weighted by Crippen LogP contribution is -2.10. The highest BCUT2D eigenvalue weighted by Crippen LogP contribution is 2.31. The zero-order valence-electron chi connectivity index (χ0n) is 13.7. The average Bonchev–Trinajstić information content (AvgIpc) is 3.00. The van der Waals surface area contributed by atoms with Crippen LogP contribution in [-0.4, -0.2) is 10.9 Å². The molecule has 0 saturated heterocycles. The Labute approximate surface area is 149 Å². The predicted octanol–water partition coefficient (Wildman–Crippen LogP) is 5.56. The number of halogens is 1. The van der Waals surface area contributed by atoms with Crippen molar-refractivity contribution in [1.82, 2.24) is 4.98 Å². The van der Waals surface area contributed by atoms with Crippen LogP contribution in [0.1, 0.15) is 32.3 Å². The molecule has 5 heteroatoms. The van der Waals surface area contributed by atoms with Crippen molar-refractivity contribution < 1.29 is 9.21 Å². The normalized spacial score (nSPS) is 11.0. The molecular weight excluding hydrogens is 368 g/mol. The summed E-state index contributed by atoms with van der Waals surface area (Å²) in [6, 6.07) is 11.6. The number of hydrogen-bond donors (Lipinski definition) is 1. The summed E-state index contributed by atoms with van der Waals surface area (Å²) in [6.07, 6.45) is 2.31. The maximum Gasteiger partial charge on any atom is 0.227 e. The van der Waals surface area contributed by atoms with Gasteiger partial charge < -0.3 is 9.73 Å². The Morgan fingerprint density at radius 1 is 1.21 bits per heavy atom. The monoisotopic (exact) mass is 386 g/mol. The van der Waals surface area contributed by atoms with Gasteiger partial charge in [-0.3, -0.25) is 4.79 Å². The Morgan fingerprint density at radius 3 is 2.62 bits per heavy atom. The molecule has 0 aliphatic rings. The lowest BCUT2D eigenvalue weighted by Gasteiger charge is -2.04. The standard InChI is InChI=1S/C19H19BrN2O2/c1-3-5-17(23)21-14-8-6-13(7-9-14)19-22-16-11-12(4-2)10-15(20)18(16)24-19/h6-11H,3-5H2,1-2H3,(H,21,23). The van der Waals surface area contributed by atoms with Gasteiger partial charge in [0.25, 0.3) is 0 Å². The van der Waals surface area contributed by atoms with Crippen molar-refractivity contribution in [3.8, 4) is 11.5 Å². The van der Waals surface area contributed by atoms with Crippen molar-refractivity contribution in [2.75, 3.05) is 5.32 Å². The van der Waals surface area contributed by atoms with Crippen LogP contribution in [0, 0.1) is 0 Å². The topological polar surface area (TPSA) is 55.1 Å². The summed E-state index contributed by atoms with van der Waals surface area (Å²) in [5.74, 6) is 0.605. The number of benzene rings is 2. The van der Waals surface area contributed by atoms with E-state index < -0.39 is 0 Å². The molecule has 0 spiro atoms. The van der Waals surface area contributed by atoms with Gasteiger partial charge in [-0.15, -0.1) is 0 Å². The molecule has 0 saturated carbocycles. The number of carbonyl (C=O) groups is 1. The first-order chi connectivity index (χ1) is 11.6. The molecule has 24 heavy (non-hydrogen) atoms. The summed E-state index contributed by atoms with van der Waals surface area (Å²) in [6.45, 7) is 4.10. The molecule has 1 heterocycles. The van der Waals surface area contributed by atoms with Gasteiger partial charge in [0.15, 0.2) is 5.58 Å². The number of carbonyl (C=O) groups excluding carboxylic acids is 1. The highest BCUT2D eigenvalue weighted by molar-refractivity contribution is 9.10. The first-order valence-corrected chi connectivity index (χ1v) is 8.89. The number of fused-ring (bicyclic) bond motifs is 1. The van der Waals surface area contributed by atoms with E-state index in [-0.39, 0.29) is 5.91 Å². The third-order valence-corrected chi connectivity index (χ3v) is 4.39. The van der Waals surface area contributed by atoms with Gasteiger partial charge >= 0.3 is 0 Å². The second-order valence-corrected chi connectivity index (χ2v) is 6.53. The Balaban J connectivity index is 1.87. The van der Waals surface area contributed by atoms with Gasteiger partial charge in [0, 0.05) is 17.7 Å². The maximum atomic E-state index is 11.6. The zero-order valence-corrected chi connectivity index (χ0v) is 15.3. The number of amides is 1. The summed E-state index contributed by atoms with van der Waals surface area (Å²) < 4.78 is 6.81. The Hall–Kier alpha value is -2.14. The first-order valence-electron chi connectivity index (χ1n) is 8.10. The maximum absolute atomic E-state index is 11.6. The molecule has 0 bridgehead atoms. The molecule has 3 rings (SSSR count). The Morgan fingerprint density at radius 2 is 1.96 bits per heavy atom. The molecule has 2 aromatic carbocycles. The number of nitrogens with zero attached hydrogens (tertiary/aromatic N) is 1. The SMILES string of the molecule is CCCC(=O)Nc1ccc(-c2nc3cc(CC)cc(Br)c3o2)cc1. The fourth-order valence-electron chi connectivity index (χ4n) is 2.52. The van der Waals surface area contributed by atoms with Crippen molar-refractivity contribution in [3.05, 3.63) is 46.4 Å². The quantitative estimate of drug-likeness (QED) is 0.624. The minimum absolute atomic E-state index is 0.0307. The summed E-state index contributed by atoms with van der Waals surface area (Å²) >= 11 is 3.55. The van der Waals surface area contributed by atoms with Gasteiger partial charge in [-0.1, -0.05) is 13.8 Å². The molecule has 0 radical (unpaired) electrons. The van der Waals surface area contributed by atoms with Crippen LogP contribution in [0.5, 0.6) is 0 Å². The van der Waals surface area contributed by atoms with Crippen molar-refractivity contribution >= 4 is 38.6 Å². The number of aryl methyl sites for hydroxylation is 1. The Kier molecular flexibility index (Phi) is 5.00. The molecule has 0 atom stereocenters. The van der Waals surface area contributed by atoms with Gasteiger partial charge in [-0.05, 0) is 70.7 Å². The van der Waals surface area contributed by atoms with Crippen LogP contribution in [0.4, 0.5) is 5.69 Å². The van der Waals surface area contributed by atoms with Gasteiger partial charge in [0.2, 0.25) is 11.8 Å². The fraction of sp³-hybridized carbons (Fsp3) is 0.263. The minimum atomic E-state index is 0.0307. The lowest BCUT2D eigenvalue weighted by molar-refractivity contribution is -0.116. The second kappa shape index (κ2) is 7.18. The van der Waals surface area contributed by atoms with E-state index in [1.165, 1.54) is 5.56 Å². The van der Waals surface area contributed by atoms with E-state index in [0.717, 1.165) is 39.7 Å². The van der Waals surface area contributed by atoms with Crippen LogP contribution >= 0.6 is 15.9 Å². The van der Waals surface area contributed by atoms with E-state index in [1.807, 2.05) is 37.3 Å². The number of hydrogen-bond acceptors (Lipinski definition) is 3. The molecular formula is C19H19BrN2O2. The summed E-state index contributed by atoms with van der Waals surface area (Å²) in [4.78, 5) is 16.2. The number of nitrogens with one attached hydrogen (secondary N) is 1. The van der Waals surface area contributed by atoms with E-state index in [9.17, 15) is 4.79 Å². The number of aromatic nitrogens is 1. The highest BCUT2D eigenvalue weighted by Gasteiger charge is 2.12. The summed E-state index contributed by atoms with van der Waals surface area (Å²) in [5, 5.41) is 2.87. The van der Waals surface area contributed by atoms with E-state index in [0.29, 0.717) is 12.3 Å². The summed E-state index contributed by atoms with van der Waals surface area (Å²) in [7, 11) is 0. The molecule has 0 unspecified atom stereocenters. The number of rotatable bonds is 5. The smallest absolute Gasteiger partial charge is 0.227 e. The average molecular weight is 387 g/mol. The molecule has 0 aliphatic carbocycles. The fourth-order valence-corrected chi connectivity index (χ4v) is 3.10. The highest BCUT2D eigenvalue weighted by atomic mass is 79.9. The van der Waals surface area contributed by atoms with Crippen LogP contribution in [-0.2, 0) is 11.2 Å². The second-order valence-electron chi connectivity index (χ2n) is 5.67. The van der Waals surface area contributed by atoms with E-state index in [1.54, 1.807) is 0 Å². The minimum Gasteiger partial charge on any atom is -0.435 e. The molecule has 1 amide bonds. The molecule has 0 fully saturated rings. The van der Waals surface area contributed by atoms with E-state index >= 15 is 0 Å². The van der Waals surface area contributed by atoms with E-state index in [4.69, 9.17) is 4.42 Å². The third kappa shape index (κ3) is 3.51. The van der Waals surface area contributed by atoms with Gasteiger partial charge in [0.05, 0.1) is 4.47 Å². The van der Waals surface area contributed by atoms with Crippen LogP contribution < -0.4 is 5.32 Å². The van der Waals surface area contributed by atoms with Gasteiger partial charge in [-0.25, -0.2) is 4.98 Å². The van der Waals surface area contributed by atoms with Crippen LogP contribution in [0.3, 0.4) is 0 Å². The lowest BCUT2D eigenvalue weighted by atomic mass is 10.1. The first kappa shape index (κ1) is 16.7. The van der Waals surface area contributed by atoms with Gasteiger partial charge in [-0.2, -0.15) is 0 Å². The van der Waals surface area contributed by atoms with Gasteiger partial charge in [0.1, 0.15) is 5.52 Å². The number of anilines is 1. The van der Waals surface area contributed by atoms with Crippen LogP contribution in [0.25, 0.3) is 22.6 Å². The van der Waals surface area contributed by atoms with Crippen molar-refractivity contribution in [1.29, 1.82) is 0 Å². The zero-order chi connectivity index (χ0) is 17.1. The van der Waals surface area contributed by atoms with Crippen molar-refractivity contribution in [2.24, 2.45) is 0 Å². The molecule has 1 aromatic heterocycles. The van der Waals surface area contributed by atoms with Crippen molar-refractivity contribution in [3.63, 3.8) is 0 Å². The molecule has 1 N–H and O–H groups in total. The van der Waals surface area contributed by atoms with E-state index in [2.05, 4.69) is 39.2 Å². The van der Waals surface area contributed by atoms with Crippen LogP contribution in [0.2, 0.25) is 0 Å². The van der Waals surface area contributed by atoms with Crippen molar-refractivity contribution in [2.45, 2.75) is 33.1 Å². The Bertz CT molecular complexity index is 869. The van der Waals surface area contributed by atoms with Crippen LogP contribution in [0.15, 0.2) is 45.3 Å². The molecule has 0 aliphatic heterocycles. The summed E-state index contributed by atoms with van der Waals surface area (Å²) in [5.41, 5.74) is 4.47. The largest absolute Gasteiger partial charge is 0.435 e. The predicted molar refractivity (Wildman–Crippen MR) is 100 cm³/mol. The molecule has 124 valence electrons. The number of oxazole rings is 1. The molecule has 3 aromatic rings.